The number of hydrogen-bond acceptors (Lipinski definition) is 6. The van der Waals surface area contributed by atoms with Gasteiger partial charge in [0.1, 0.15) is 11.5 Å². The first-order chi connectivity index (χ1) is 11.9. The van der Waals surface area contributed by atoms with Crippen molar-refractivity contribution in [2.75, 3.05) is 5.75 Å². The zero-order chi connectivity index (χ0) is 18.0. The van der Waals surface area contributed by atoms with Gasteiger partial charge in [0.05, 0.1) is 15.7 Å². The SMILES string of the molecule is CCn1nc(-c2csc(C)n2)nc1CCS(=O)(=O)c1ccc(C)cc1. The fourth-order valence-corrected chi connectivity index (χ4v) is 4.31. The maximum atomic E-state index is 12.5. The smallest absolute Gasteiger partial charge is 0.200 e. The Hall–Kier alpha value is -2.06. The Bertz CT molecular complexity index is 973. The number of aryl methyl sites for hydroxylation is 4. The molecule has 0 aliphatic carbocycles. The van der Waals surface area contributed by atoms with Crippen LogP contribution in [0.25, 0.3) is 11.5 Å². The van der Waals surface area contributed by atoms with Crippen molar-refractivity contribution < 1.29 is 8.42 Å². The molecule has 0 aliphatic rings. The predicted molar refractivity (Wildman–Crippen MR) is 98.5 cm³/mol. The van der Waals surface area contributed by atoms with E-state index in [-0.39, 0.29) is 5.75 Å². The Morgan fingerprint density at radius 2 is 1.84 bits per heavy atom. The minimum Gasteiger partial charge on any atom is -0.250 e. The highest BCUT2D eigenvalue weighted by Gasteiger charge is 2.18. The fourth-order valence-electron chi connectivity index (χ4n) is 2.48. The number of thiazole rings is 1. The predicted octanol–water partition coefficient (Wildman–Crippen LogP) is 3.05. The number of hydrogen-bond donors (Lipinski definition) is 0. The summed E-state index contributed by atoms with van der Waals surface area (Å²) < 4.78 is 26.8. The summed E-state index contributed by atoms with van der Waals surface area (Å²) in [5.41, 5.74) is 1.77. The van der Waals surface area contributed by atoms with Crippen LogP contribution in [0.1, 0.15) is 23.3 Å². The van der Waals surface area contributed by atoms with Gasteiger partial charge in [0.2, 0.25) is 5.82 Å². The van der Waals surface area contributed by atoms with Crippen molar-refractivity contribution in [2.24, 2.45) is 0 Å². The molecule has 25 heavy (non-hydrogen) atoms. The van der Waals surface area contributed by atoms with Crippen molar-refractivity contribution >= 4 is 21.2 Å². The van der Waals surface area contributed by atoms with Crippen LogP contribution >= 0.6 is 11.3 Å². The standard InChI is InChI=1S/C17H20N4O2S2/c1-4-21-16(19-17(20-21)15-11-24-13(3)18-15)9-10-25(22,23)14-7-5-12(2)6-8-14/h5-8,11H,4,9-10H2,1-3H3. The summed E-state index contributed by atoms with van der Waals surface area (Å²) in [4.78, 5) is 9.25. The normalized spacial score (nSPS) is 11.8. The third-order valence-electron chi connectivity index (χ3n) is 3.87. The molecule has 2 aromatic heterocycles. The summed E-state index contributed by atoms with van der Waals surface area (Å²) in [5, 5.41) is 7.32. The molecule has 0 unspecified atom stereocenters. The largest absolute Gasteiger partial charge is 0.250 e. The molecule has 0 amide bonds. The lowest BCUT2D eigenvalue weighted by Crippen LogP contribution is -2.13. The molecule has 0 radical (unpaired) electrons. The summed E-state index contributed by atoms with van der Waals surface area (Å²) >= 11 is 1.54. The Morgan fingerprint density at radius 1 is 1.12 bits per heavy atom. The second kappa shape index (κ2) is 7.05. The van der Waals surface area contributed by atoms with Crippen LogP contribution in [0.3, 0.4) is 0 Å². The summed E-state index contributed by atoms with van der Waals surface area (Å²) in [6.07, 6.45) is 0.320. The average Bonchev–Trinajstić information content (AvgIpc) is 3.19. The Balaban J connectivity index is 1.80. The molecule has 132 valence electrons. The van der Waals surface area contributed by atoms with Crippen molar-refractivity contribution in [2.45, 2.75) is 38.6 Å². The lowest BCUT2D eigenvalue weighted by molar-refractivity contribution is 0.588. The molecule has 0 fully saturated rings. The van der Waals surface area contributed by atoms with Crippen molar-refractivity contribution in [1.29, 1.82) is 0 Å². The van der Waals surface area contributed by atoms with E-state index in [2.05, 4.69) is 15.1 Å². The molecule has 0 saturated carbocycles. The van der Waals surface area contributed by atoms with Gasteiger partial charge >= 0.3 is 0 Å². The van der Waals surface area contributed by atoms with Crippen molar-refractivity contribution in [3.8, 4) is 11.5 Å². The zero-order valence-corrected chi connectivity index (χ0v) is 16.1. The second-order valence-corrected chi connectivity index (χ2v) is 8.97. The van der Waals surface area contributed by atoms with E-state index in [1.165, 1.54) is 0 Å². The van der Waals surface area contributed by atoms with E-state index < -0.39 is 9.84 Å². The average molecular weight is 377 g/mol. The lowest BCUT2D eigenvalue weighted by atomic mass is 10.2. The highest BCUT2D eigenvalue weighted by molar-refractivity contribution is 7.91. The van der Waals surface area contributed by atoms with E-state index in [1.54, 1.807) is 28.2 Å². The van der Waals surface area contributed by atoms with E-state index in [0.717, 1.165) is 16.3 Å². The van der Waals surface area contributed by atoms with Gasteiger partial charge in [-0.15, -0.1) is 16.4 Å². The van der Waals surface area contributed by atoms with Crippen LogP contribution in [0.5, 0.6) is 0 Å². The lowest BCUT2D eigenvalue weighted by Gasteiger charge is -2.05. The highest BCUT2D eigenvalue weighted by atomic mass is 32.2. The van der Waals surface area contributed by atoms with Gasteiger partial charge in [-0.1, -0.05) is 17.7 Å². The van der Waals surface area contributed by atoms with Crippen LogP contribution in [0.2, 0.25) is 0 Å². The second-order valence-electron chi connectivity index (χ2n) is 5.80. The molecule has 6 nitrogen and oxygen atoms in total. The van der Waals surface area contributed by atoms with Gasteiger partial charge < -0.3 is 0 Å². The quantitative estimate of drug-likeness (QED) is 0.661. The van der Waals surface area contributed by atoms with Crippen LogP contribution < -0.4 is 0 Å². The third kappa shape index (κ3) is 3.96. The number of rotatable bonds is 6. The molecule has 0 N–H and O–H groups in total. The number of nitrogens with zero attached hydrogens (tertiary/aromatic N) is 4. The van der Waals surface area contributed by atoms with Gasteiger partial charge in [-0.05, 0) is 32.9 Å². The summed E-state index contributed by atoms with van der Waals surface area (Å²) in [6, 6.07) is 6.92. The van der Waals surface area contributed by atoms with Gasteiger partial charge in [0.25, 0.3) is 0 Å². The molecule has 0 bridgehead atoms. The molecule has 1 aromatic carbocycles. The zero-order valence-electron chi connectivity index (χ0n) is 14.4. The molecule has 3 aromatic rings. The van der Waals surface area contributed by atoms with E-state index in [9.17, 15) is 8.42 Å². The van der Waals surface area contributed by atoms with E-state index in [0.29, 0.717) is 29.5 Å². The van der Waals surface area contributed by atoms with Crippen molar-refractivity contribution in [1.82, 2.24) is 19.7 Å². The van der Waals surface area contributed by atoms with Crippen LogP contribution in [-0.4, -0.2) is 33.9 Å². The number of benzene rings is 1. The van der Waals surface area contributed by atoms with E-state index in [1.807, 2.05) is 38.3 Å². The topological polar surface area (TPSA) is 77.7 Å². The molecular formula is C17H20N4O2S2. The molecular weight excluding hydrogens is 356 g/mol. The first-order valence-electron chi connectivity index (χ1n) is 8.04. The van der Waals surface area contributed by atoms with Gasteiger partial charge in [0.15, 0.2) is 9.84 Å². The Labute approximate surface area is 151 Å². The van der Waals surface area contributed by atoms with E-state index >= 15 is 0 Å². The molecule has 0 saturated heterocycles. The van der Waals surface area contributed by atoms with Gasteiger partial charge in [-0.2, -0.15) is 0 Å². The summed E-state index contributed by atoms with van der Waals surface area (Å²) in [6.45, 7) is 6.46. The minimum absolute atomic E-state index is 0.00425. The van der Waals surface area contributed by atoms with Crippen LogP contribution in [-0.2, 0) is 22.8 Å². The number of sulfone groups is 1. The first-order valence-corrected chi connectivity index (χ1v) is 10.6. The van der Waals surface area contributed by atoms with Crippen molar-refractivity contribution in [3.05, 3.63) is 46.0 Å². The third-order valence-corrected chi connectivity index (χ3v) is 6.38. The van der Waals surface area contributed by atoms with Crippen LogP contribution in [0, 0.1) is 13.8 Å². The molecule has 0 aliphatic heterocycles. The van der Waals surface area contributed by atoms with Gasteiger partial charge in [-0.3, -0.25) is 0 Å². The van der Waals surface area contributed by atoms with Gasteiger partial charge in [-0.25, -0.2) is 23.1 Å². The highest BCUT2D eigenvalue weighted by Crippen LogP contribution is 2.19. The maximum absolute atomic E-state index is 12.5. The molecule has 8 heteroatoms. The minimum atomic E-state index is -3.35. The molecule has 0 spiro atoms. The molecule has 3 rings (SSSR count). The van der Waals surface area contributed by atoms with Gasteiger partial charge in [0, 0.05) is 18.3 Å². The molecule has 0 atom stereocenters. The Morgan fingerprint density at radius 3 is 2.44 bits per heavy atom. The summed E-state index contributed by atoms with van der Waals surface area (Å²) in [5.74, 6) is 1.22. The molecule has 2 heterocycles. The van der Waals surface area contributed by atoms with Crippen LogP contribution in [0.4, 0.5) is 0 Å². The fraction of sp³-hybridized carbons (Fsp3) is 0.353. The monoisotopic (exact) mass is 376 g/mol. The van der Waals surface area contributed by atoms with E-state index in [4.69, 9.17) is 0 Å². The Kier molecular flexibility index (Phi) is 5.01. The maximum Gasteiger partial charge on any atom is 0.200 e. The van der Waals surface area contributed by atoms with Crippen molar-refractivity contribution in [3.63, 3.8) is 0 Å². The van der Waals surface area contributed by atoms with Crippen LogP contribution in [0.15, 0.2) is 34.5 Å². The first kappa shape index (κ1) is 17.8. The summed E-state index contributed by atoms with van der Waals surface area (Å²) in [7, 11) is -3.35. The number of aromatic nitrogens is 4.